The molecule has 1 aromatic rings. The molecule has 1 atom stereocenters. The molecular formula is C18H24F3N3O2. The van der Waals surface area contributed by atoms with Gasteiger partial charge in [0.05, 0.1) is 0 Å². The predicted molar refractivity (Wildman–Crippen MR) is 91.4 cm³/mol. The highest BCUT2D eigenvalue weighted by molar-refractivity contribution is 5.68. The number of nitrogens with two attached hydrogens (primary N) is 1. The van der Waals surface area contributed by atoms with Crippen LogP contribution in [0.2, 0.25) is 0 Å². The Kier molecular flexibility index (Phi) is 5.05. The Hall–Kier alpha value is -1.96. The first-order valence-electron chi connectivity index (χ1n) is 8.77. The highest BCUT2D eigenvalue weighted by Gasteiger charge is 2.46. The minimum absolute atomic E-state index is 0.149. The van der Waals surface area contributed by atoms with Gasteiger partial charge in [0.2, 0.25) is 0 Å². The Labute approximate surface area is 150 Å². The fourth-order valence-corrected chi connectivity index (χ4v) is 3.71. The Morgan fingerprint density at radius 1 is 1.27 bits per heavy atom. The normalized spacial score (nSPS) is 21.3. The maximum absolute atomic E-state index is 12.5. The molecule has 0 saturated carbocycles. The van der Waals surface area contributed by atoms with Crippen LogP contribution in [0.4, 0.5) is 23.7 Å². The Balaban J connectivity index is 1.45. The molecule has 0 aliphatic carbocycles. The number of halogens is 3. The molecule has 2 aliphatic heterocycles. The molecule has 2 heterocycles. The highest BCUT2D eigenvalue weighted by Crippen LogP contribution is 2.41. The Bertz CT molecular complexity index is 649. The van der Waals surface area contributed by atoms with E-state index in [1.54, 1.807) is 0 Å². The van der Waals surface area contributed by atoms with Crippen LogP contribution in [-0.4, -0.2) is 54.4 Å². The van der Waals surface area contributed by atoms with Gasteiger partial charge in [-0.15, -0.1) is 0 Å². The first-order valence-corrected chi connectivity index (χ1v) is 8.77. The van der Waals surface area contributed by atoms with Gasteiger partial charge in [0, 0.05) is 38.4 Å². The summed E-state index contributed by atoms with van der Waals surface area (Å²) in [6.45, 7) is 4.35. The van der Waals surface area contributed by atoms with Crippen molar-refractivity contribution in [3.63, 3.8) is 0 Å². The van der Waals surface area contributed by atoms with Gasteiger partial charge in [-0.1, -0.05) is 18.2 Å². The fraction of sp³-hybridized carbons (Fsp3) is 0.611. The third kappa shape index (κ3) is 4.06. The molecule has 2 aliphatic rings. The van der Waals surface area contributed by atoms with E-state index in [9.17, 15) is 18.0 Å². The maximum Gasteiger partial charge on any atom is 0.425 e. The number of nitrogen functional groups attached to an aromatic ring is 1. The van der Waals surface area contributed by atoms with Gasteiger partial charge in [-0.2, -0.15) is 13.2 Å². The SMILES string of the molecule is CC(OC(=O)N1CCC2(CC1)CN(Cc1ccccc1N)C2)C(F)(F)F. The quantitative estimate of drug-likeness (QED) is 0.829. The molecule has 1 aromatic carbocycles. The number of likely N-dealkylation sites (tertiary alicyclic amines) is 2. The number of nitrogens with zero attached hydrogens (tertiary/aromatic N) is 2. The number of piperidine rings is 1. The van der Waals surface area contributed by atoms with Crippen LogP contribution in [-0.2, 0) is 11.3 Å². The molecule has 26 heavy (non-hydrogen) atoms. The largest absolute Gasteiger partial charge is 0.437 e. The van der Waals surface area contributed by atoms with Gasteiger partial charge in [0.25, 0.3) is 0 Å². The molecule has 0 radical (unpaired) electrons. The minimum atomic E-state index is -4.53. The van der Waals surface area contributed by atoms with Gasteiger partial charge in [-0.05, 0) is 36.8 Å². The summed E-state index contributed by atoms with van der Waals surface area (Å²) in [5, 5.41) is 0. The van der Waals surface area contributed by atoms with Gasteiger partial charge in [0.1, 0.15) is 0 Å². The number of benzene rings is 1. The topological polar surface area (TPSA) is 58.8 Å². The molecule has 1 unspecified atom stereocenters. The van der Waals surface area contributed by atoms with Crippen molar-refractivity contribution in [2.45, 2.75) is 38.6 Å². The number of carbonyl (C=O) groups excluding carboxylic acids is 1. The number of hydrogen-bond donors (Lipinski definition) is 1. The minimum Gasteiger partial charge on any atom is -0.437 e. The van der Waals surface area contributed by atoms with Crippen molar-refractivity contribution >= 4 is 11.8 Å². The van der Waals surface area contributed by atoms with Gasteiger partial charge in [-0.3, -0.25) is 4.90 Å². The van der Waals surface area contributed by atoms with Crippen LogP contribution in [0.15, 0.2) is 24.3 Å². The molecule has 5 nitrogen and oxygen atoms in total. The van der Waals surface area contributed by atoms with E-state index >= 15 is 0 Å². The first-order chi connectivity index (χ1) is 12.2. The standard InChI is InChI=1S/C18H24F3N3O2/c1-13(18(19,20)21)26-16(25)24-8-6-17(7-9-24)11-23(12-17)10-14-4-2-3-5-15(14)22/h2-5,13H,6-12,22H2,1H3. The number of rotatable bonds is 3. The molecule has 8 heteroatoms. The molecule has 0 bridgehead atoms. The smallest absolute Gasteiger partial charge is 0.425 e. The summed E-state index contributed by atoms with van der Waals surface area (Å²) in [7, 11) is 0. The summed E-state index contributed by atoms with van der Waals surface area (Å²) in [6.07, 6.45) is -5.92. The van der Waals surface area contributed by atoms with Crippen molar-refractivity contribution in [2.75, 3.05) is 31.9 Å². The number of anilines is 1. The molecule has 0 aromatic heterocycles. The van der Waals surface area contributed by atoms with E-state index in [-0.39, 0.29) is 5.41 Å². The molecule has 144 valence electrons. The lowest BCUT2D eigenvalue weighted by Crippen LogP contribution is -2.60. The third-order valence-electron chi connectivity index (χ3n) is 5.39. The van der Waals surface area contributed by atoms with Crippen LogP contribution in [0.1, 0.15) is 25.3 Å². The molecule has 1 spiro atoms. The Morgan fingerprint density at radius 3 is 2.46 bits per heavy atom. The number of hydrogen-bond acceptors (Lipinski definition) is 4. The highest BCUT2D eigenvalue weighted by atomic mass is 19.4. The average Bonchev–Trinajstić information content (AvgIpc) is 2.55. The second-order valence-electron chi connectivity index (χ2n) is 7.40. The van der Waals surface area contributed by atoms with E-state index in [2.05, 4.69) is 9.64 Å². The molecule has 1 amide bonds. The third-order valence-corrected chi connectivity index (χ3v) is 5.39. The molecular weight excluding hydrogens is 347 g/mol. The lowest BCUT2D eigenvalue weighted by Gasteiger charge is -2.54. The van der Waals surface area contributed by atoms with Crippen LogP contribution in [0.25, 0.3) is 0 Å². The van der Waals surface area contributed by atoms with Gasteiger partial charge in [0.15, 0.2) is 6.10 Å². The number of para-hydroxylation sites is 1. The lowest BCUT2D eigenvalue weighted by molar-refractivity contribution is -0.200. The summed E-state index contributed by atoms with van der Waals surface area (Å²) in [6, 6.07) is 7.77. The summed E-state index contributed by atoms with van der Waals surface area (Å²) >= 11 is 0. The molecule has 3 rings (SSSR count). The average molecular weight is 371 g/mol. The second-order valence-corrected chi connectivity index (χ2v) is 7.40. The number of ether oxygens (including phenoxy) is 1. The van der Waals surface area contributed by atoms with Crippen molar-refractivity contribution in [3.05, 3.63) is 29.8 Å². The van der Waals surface area contributed by atoms with Crippen LogP contribution >= 0.6 is 0 Å². The number of alkyl halides is 3. The zero-order valence-corrected chi connectivity index (χ0v) is 14.8. The number of amides is 1. The molecule has 2 N–H and O–H groups in total. The summed E-state index contributed by atoms with van der Waals surface area (Å²) < 4.78 is 42.0. The fourth-order valence-electron chi connectivity index (χ4n) is 3.71. The molecule has 2 saturated heterocycles. The second kappa shape index (κ2) is 6.98. The van der Waals surface area contributed by atoms with Crippen LogP contribution in [0, 0.1) is 5.41 Å². The monoisotopic (exact) mass is 371 g/mol. The number of carbonyl (C=O) groups is 1. The van der Waals surface area contributed by atoms with Crippen molar-refractivity contribution in [1.82, 2.24) is 9.80 Å². The van der Waals surface area contributed by atoms with Gasteiger partial charge < -0.3 is 15.4 Å². The predicted octanol–water partition coefficient (Wildman–Crippen LogP) is 3.25. The van der Waals surface area contributed by atoms with Crippen molar-refractivity contribution in [2.24, 2.45) is 5.41 Å². The van der Waals surface area contributed by atoms with E-state index in [1.807, 2.05) is 24.3 Å². The van der Waals surface area contributed by atoms with Crippen LogP contribution in [0.3, 0.4) is 0 Å². The van der Waals surface area contributed by atoms with Crippen LogP contribution < -0.4 is 5.73 Å². The maximum atomic E-state index is 12.5. The van der Waals surface area contributed by atoms with E-state index in [4.69, 9.17) is 5.73 Å². The van der Waals surface area contributed by atoms with Crippen molar-refractivity contribution in [1.29, 1.82) is 0 Å². The lowest BCUT2D eigenvalue weighted by atomic mass is 9.72. The van der Waals surface area contributed by atoms with Gasteiger partial charge in [-0.25, -0.2) is 4.79 Å². The van der Waals surface area contributed by atoms with E-state index < -0.39 is 18.4 Å². The summed E-state index contributed by atoms with van der Waals surface area (Å²) in [4.78, 5) is 15.6. The zero-order valence-electron chi connectivity index (χ0n) is 14.8. The van der Waals surface area contributed by atoms with Crippen molar-refractivity contribution in [3.8, 4) is 0 Å². The van der Waals surface area contributed by atoms with Crippen LogP contribution in [0.5, 0.6) is 0 Å². The first kappa shape index (κ1) is 18.8. The Morgan fingerprint density at radius 2 is 1.88 bits per heavy atom. The van der Waals surface area contributed by atoms with E-state index in [1.165, 1.54) is 4.90 Å². The van der Waals surface area contributed by atoms with Gasteiger partial charge >= 0.3 is 12.3 Å². The zero-order chi connectivity index (χ0) is 18.9. The molecule has 2 fully saturated rings. The summed E-state index contributed by atoms with van der Waals surface area (Å²) in [5.41, 5.74) is 8.01. The van der Waals surface area contributed by atoms with Crippen molar-refractivity contribution < 1.29 is 22.7 Å². The van der Waals surface area contributed by atoms with E-state index in [0.717, 1.165) is 50.7 Å². The summed E-state index contributed by atoms with van der Waals surface area (Å²) in [5.74, 6) is 0. The van der Waals surface area contributed by atoms with E-state index in [0.29, 0.717) is 13.1 Å².